The van der Waals surface area contributed by atoms with E-state index in [2.05, 4.69) is 10.6 Å². The van der Waals surface area contributed by atoms with Gasteiger partial charge in [-0.15, -0.1) is 0 Å². The Morgan fingerprint density at radius 3 is 2.69 bits per heavy atom. The molecule has 1 aliphatic carbocycles. The number of hydrogen-bond donors (Lipinski definition) is 3. The van der Waals surface area contributed by atoms with E-state index in [-0.39, 0.29) is 0 Å². The second-order valence-corrected chi connectivity index (χ2v) is 5.63. The molecule has 0 radical (unpaired) electrons. The summed E-state index contributed by atoms with van der Waals surface area (Å²) in [4.78, 5) is 0. The standard InChI is InChI=1S/C13H26N2O/c16-13(6-2-1-3-7-13)11-15-10-12-5-4-8-14-9-12/h12,14-16H,1-11H2. The molecule has 2 rings (SSSR count). The normalized spacial score (nSPS) is 30.2. The van der Waals surface area contributed by atoms with Crippen molar-refractivity contribution in [3.8, 4) is 0 Å². The Kier molecular flexibility index (Phi) is 4.62. The van der Waals surface area contributed by atoms with Gasteiger partial charge in [-0.1, -0.05) is 19.3 Å². The SMILES string of the molecule is OC1(CNCC2CCCNC2)CCCCC1. The van der Waals surface area contributed by atoms with Crippen LogP contribution in [-0.4, -0.2) is 36.9 Å². The molecule has 0 amide bonds. The van der Waals surface area contributed by atoms with Crippen LogP contribution in [0.5, 0.6) is 0 Å². The van der Waals surface area contributed by atoms with Crippen LogP contribution in [0.25, 0.3) is 0 Å². The van der Waals surface area contributed by atoms with Crippen molar-refractivity contribution < 1.29 is 5.11 Å². The smallest absolute Gasteiger partial charge is 0.0771 e. The van der Waals surface area contributed by atoms with E-state index in [1.165, 1.54) is 38.6 Å². The summed E-state index contributed by atoms with van der Waals surface area (Å²) in [5.41, 5.74) is -0.402. The van der Waals surface area contributed by atoms with Crippen LogP contribution >= 0.6 is 0 Å². The Bertz CT molecular complexity index is 196. The predicted octanol–water partition coefficient (Wildman–Crippen LogP) is 1.27. The van der Waals surface area contributed by atoms with Crippen molar-refractivity contribution >= 4 is 0 Å². The highest BCUT2D eigenvalue weighted by molar-refractivity contribution is 4.85. The molecule has 1 heterocycles. The zero-order valence-electron chi connectivity index (χ0n) is 10.3. The van der Waals surface area contributed by atoms with Crippen molar-refractivity contribution in [3.63, 3.8) is 0 Å². The first-order valence-electron chi connectivity index (χ1n) is 6.92. The van der Waals surface area contributed by atoms with Crippen LogP contribution in [0.3, 0.4) is 0 Å². The molecule has 1 saturated heterocycles. The van der Waals surface area contributed by atoms with Crippen molar-refractivity contribution in [1.29, 1.82) is 0 Å². The first-order valence-corrected chi connectivity index (χ1v) is 6.92. The molecule has 16 heavy (non-hydrogen) atoms. The van der Waals surface area contributed by atoms with Gasteiger partial charge in [0.25, 0.3) is 0 Å². The Labute approximate surface area is 99.0 Å². The lowest BCUT2D eigenvalue weighted by molar-refractivity contribution is 0.00415. The quantitative estimate of drug-likeness (QED) is 0.676. The minimum atomic E-state index is -0.402. The highest BCUT2D eigenvalue weighted by Crippen LogP contribution is 2.27. The van der Waals surface area contributed by atoms with E-state index in [1.54, 1.807) is 0 Å². The second kappa shape index (κ2) is 5.99. The van der Waals surface area contributed by atoms with Crippen LogP contribution in [0.1, 0.15) is 44.9 Å². The van der Waals surface area contributed by atoms with Gasteiger partial charge in [0.1, 0.15) is 0 Å². The molecule has 0 aromatic rings. The maximum atomic E-state index is 10.3. The fourth-order valence-electron chi connectivity index (χ4n) is 2.99. The molecule has 3 nitrogen and oxygen atoms in total. The summed E-state index contributed by atoms with van der Waals surface area (Å²) in [6.07, 6.45) is 8.31. The number of hydrogen-bond acceptors (Lipinski definition) is 3. The van der Waals surface area contributed by atoms with E-state index in [4.69, 9.17) is 0 Å². The lowest BCUT2D eigenvalue weighted by atomic mass is 9.85. The summed E-state index contributed by atoms with van der Waals surface area (Å²) in [6, 6.07) is 0. The minimum Gasteiger partial charge on any atom is -0.389 e. The van der Waals surface area contributed by atoms with Gasteiger partial charge >= 0.3 is 0 Å². The molecule has 1 unspecified atom stereocenters. The minimum absolute atomic E-state index is 0.402. The lowest BCUT2D eigenvalue weighted by Crippen LogP contribution is -2.45. The van der Waals surface area contributed by atoms with Crippen LogP contribution in [0, 0.1) is 5.92 Å². The first kappa shape index (κ1) is 12.3. The third kappa shape index (κ3) is 3.72. The summed E-state index contributed by atoms with van der Waals surface area (Å²) >= 11 is 0. The third-order valence-corrected chi connectivity index (χ3v) is 4.07. The Balaban J connectivity index is 1.62. The van der Waals surface area contributed by atoms with Gasteiger partial charge < -0.3 is 15.7 Å². The Morgan fingerprint density at radius 2 is 2.00 bits per heavy atom. The average Bonchev–Trinajstić information content (AvgIpc) is 2.31. The maximum Gasteiger partial charge on any atom is 0.0771 e. The topological polar surface area (TPSA) is 44.3 Å². The molecule has 3 heteroatoms. The largest absolute Gasteiger partial charge is 0.389 e. The molecule has 94 valence electrons. The molecule has 0 aromatic heterocycles. The summed E-state index contributed by atoms with van der Waals surface area (Å²) in [6.45, 7) is 4.19. The molecule has 1 aliphatic heterocycles. The molecule has 0 aromatic carbocycles. The number of aliphatic hydroxyl groups is 1. The monoisotopic (exact) mass is 226 g/mol. The van der Waals surface area contributed by atoms with Gasteiger partial charge in [-0.25, -0.2) is 0 Å². The van der Waals surface area contributed by atoms with Gasteiger partial charge in [0.15, 0.2) is 0 Å². The van der Waals surface area contributed by atoms with Crippen LogP contribution in [0.2, 0.25) is 0 Å². The zero-order chi connectivity index (χ0) is 11.3. The molecular weight excluding hydrogens is 200 g/mol. The van der Waals surface area contributed by atoms with E-state index in [9.17, 15) is 5.11 Å². The number of rotatable bonds is 4. The van der Waals surface area contributed by atoms with Gasteiger partial charge in [0.2, 0.25) is 0 Å². The van der Waals surface area contributed by atoms with E-state index in [1.807, 2.05) is 0 Å². The maximum absolute atomic E-state index is 10.3. The predicted molar refractivity (Wildman–Crippen MR) is 66.5 cm³/mol. The Morgan fingerprint density at radius 1 is 1.19 bits per heavy atom. The molecule has 3 N–H and O–H groups in total. The summed E-state index contributed by atoms with van der Waals surface area (Å²) in [5.74, 6) is 0.765. The van der Waals surface area contributed by atoms with Crippen molar-refractivity contribution in [2.45, 2.75) is 50.5 Å². The van der Waals surface area contributed by atoms with Gasteiger partial charge in [0.05, 0.1) is 5.60 Å². The second-order valence-electron chi connectivity index (χ2n) is 5.63. The molecule has 2 aliphatic rings. The molecule has 2 fully saturated rings. The van der Waals surface area contributed by atoms with Crippen molar-refractivity contribution in [2.24, 2.45) is 5.92 Å². The summed E-state index contributed by atoms with van der Waals surface area (Å²) < 4.78 is 0. The molecule has 1 atom stereocenters. The van der Waals surface area contributed by atoms with Crippen LogP contribution in [0.15, 0.2) is 0 Å². The fourth-order valence-corrected chi connectivity index (χ4v) is 2.99. The van der Waals surface area contributed by atoms with Crippen LogP contribution in [-0.2, 0) is 0 Å². The summed E-state index contributed by atoms with van der Waals surface area (Å²) in [5, 5.41) is 17.2. The van der Waals surface area contributed by atoms with Crippen molar-refractivity contribution in [3.05, 3.63) is 0 Å². The first-order chi connectivity index (χ1) is 7.79. The van der Waals surface area contributed by atoms with Crippen molar-refractivity contribution in [1.82, 2.24) is 10.6 Å². The molecule has 1 saturated carbocycles. The van der Waals surface area contributed by atoms with E-state index in [0.717, 1.165) is 38.4 Å². The average molecular weight is 226 g/mol. The molecular formula is C13H26N2O. The molecule has 0 spiro atoms. The number of piperidine rings is 1. The third-order valence-electron chi connectivity index (χ3n) is 4.07. The number of nitrogens with one attached hydrogen (secondary N) is 2. The van der Waals surface area contributed by atoms with Gasteiger partial charge in [0, 0.05) is 6.54 Å². The van der Waals surface area contributed by atoms with Crippen LogP contribution < -0.4 is 10.6 Å². The lowest BCUT2D eigenvalue weighted by Gasteiger charge is -2.33. The van der Waals surface area contributed by atoms with Crippen LogP contribution in [0.4, 0.5) is 0 Å². The van der Waals surface area contributed by atoms with E-state index >= 15 is 0 Å². The Hall–Kier alpha value is -0.120. The van der Waals surface area contributed by atoms with Gasteiger partial charge in [-0.3, -0.25) is 0 Å². The van der Waals surface area contributed by atoms with E-state index < -0.39 is 5.60 Å². The molecule has 0 bridgehead atoms. The van der Waals surface area contributed by atoms with E-state index in [0.29, 0.717) is 0 Å². The summed E-state index contributed by atoms with van der Waals surface area (Å²) in [7, 11) is 0. The highest BCUT2D eigenvalue weighted by atomic mass is 16.3. The van der Waals surface area contributed by atoms with Crippen molar-refractivity contribution in [2.75, 3.05) is 26.2 Å². The highest BCUT2D eigenvalue weighted by Gasteiger charge is 2.28. The zero-order valence-corrected chi connectivity index (χ0v) is 10.3. The fraction of sp³-hybridized carbons (Fsp3) is 1.00. The van der Waals surface area contributed by atoms with Gasteiger partial charge in [-0.2, -0.15) is 0 Å². The van der Waals surface area contributed by atoms with Gasteiger partial charge in [-0.05, 0) is 51.2 Å².